The van der Waals surface area contributed by atoms with Gasteiger partial charge in [0.05, 0.1) is 37.3 Å². The van der Waals surface area contributed by atoms with E-state index >= 15 is 0 Å². The summed E-state index contributed by atoms with van der Waals surface area (Å²) in [6, 6.07) is 65.0. The molecule has 10 aromatic carbocycles. The van der Waals surface area contributed by atoms with Crippen LogP contribution >= 0.6 is 0 Å². The Hall–Kier alpha value is -8.20. The zero-order chi connectivity index (χ0) is 47.1. The molecule has 0 radical (unpaired) electrons. The molecule has 0 N–H and O–H groups in total. The van der Waals surface area contributed by atoms with Gasteiger partial charge in [-0.15, -0.1) is 0 Å². The maximum Gasteiger partial charge on any atom is 0.0645 e. The van der Waals surface area contributed by atoms with Gasteiger partial charge >= 0.3 is 0 Å². The van der Waals surface area contributed by atoms with Crippen molar-refractivity contribution in [3.63, 3.8) is 0 Å². The third-order valence-electron chi connectivity index (χ3n) is 12.0. The molecule has 2 heterocycles. The van der Waals surface area contributed by atoms with Gasteiger partial charge in [0.2, 0.25) is 0 Å². The topological polar surface area (TPSA) is 9.86 Å². The first-order valence-electron chi connectivity index (χ1n) is 24.3. The van der Waals surface area contributed by atoms with Crippen molar-refractivity contribution in [1.29, 1.82) is 0 Å². The van der Waals surface area contributed by atoms with Gasteiger partial charge in [0.1, 0.15) is 0 Å². The highest BCUT2D eigenvalue weighted by molar-refractivity contribution is 6.17. The van der Waals surface area contributed by atoms with Gasteiger partial charge in [0.15, 0.2) is 0 Å². The first-order valence-corrected chi connectivity index (χ1v) is 20.8. The number of benzene rings is 10. The van der Waals surface area contributed by atoms with Crippen LogP contribution in [0.15, 0.2) is 242 Å². The fraction of sp³-hybridized carbons (Fsp3) is 0. The van der Waals surface area contributed by atoms with Gasteiger partial charge in [-0.3, -0.25) is 0 Å². The summed E-state index contributed by atoms with van der Waals surface area (Å²) in [6.45, 7) is 0. The molecule has 0 atom stereocenters. The van der Waals surface area contributed by atoms with Crippen LogP contribution in [-0.2, 0) is 0 Å². The highest BCUT2D eigenvalue weighted by Crippen LogP contribution is 2.43. The standard InChI is InChI=1S/C60H40N2/c1-5-17-41(18-6-1)45-25-15-26-49(37-45)61-58-36-33-48(40-54(58)60-50(28-16-30-59(60)61)43-21-9-3-10-22-43)47-32-35-57-53(39-47)51-27-13-14-29-55(51)62(57)56-34-31-46(42-19-7-2-8-20-42)38-52(56)44-23-11-4-12-24-44/h1-40H/i13D,14D,27D,29D,32D,35D,39D. The largest absolute Gasteiger partial charge is 0.309 e. The smallest absolute Gasteiger partial charge is 0.0645 e. The summed E-state index contributed by atoms with van der Waals surface area (Å²) in [5.74, 6) is 0. The van der Waals surface area contributed by atoms with E-state index in [0.29, 0.717) is 11.3 Å². The van der Waals surface area contributed by atoms with Gasteiger partial charge < -0.3 is 9.13 Å². The van der Waals surface area contributed by atoms with Gasteiger partial charge in [-0.25, -0.2) is 0 Å². The molecule has 2 heteroatoms. The Kier molecular flexibility index (Phi) is 6.95. The minimum Gasteiger partial charge on any atom is -0.309 e. The molecule has 2 aromatic heterocycles. The molecule has 0 aliphatic rings. The summed E-state index contributed by atoms with van der Waals surface area (Å²) in [4.78, 5) is 0. The molecule has 12 aromatic rings. The van der Waals surface area contributed by atoms with Crippen molar-refractivity contribution in [2.45, 2.75) is 0 Å². The van der Waals surface area contributed by atoms with Crippen molar-refractivity contribution < 1.29 is 9.60 Å². The van der Waals surface area contributed by atoms with Crippen molar-refractivity contribution in [3.8, 4) is 67.0 Å². The van der Waals surface area contributed by atoms with Crippen LogP contribution in [-0.4, -0.2) is 9.13 Å². The van der Waals surface area contributed by atoms with Gasteiger partial charge in [-0.05, 0) is 111 Å². The van der Waals surface area contributed by atoms with Crippen LogP contribution < -0.4 is 0 Å². The average Bonchev–Trinajstić information content (AvgIpc) is 3.94. The Bertz CT molecular complexity index is 4010. The van der Waals surface area contributed by atoms with Crippen LogP contribution in [0, 0.1) is 0 Å². The number of para-hydroxylation sites is 1. The predicted octanol–water partition coefficient (Wildman–Crippen LogP) is 16.2. The molecular weight excluding hydrogens is 749 g/mol. The summed E-state index contributed by atoms with van der Waals surface area (Å²) >= 11 is 0. The third-order valence-corrected chi connectivity index (χ3v) is 12.0. The summed E-state index contributed by atoms with van der Waals surface area (Å²) in [5, 5.41) is 2.20. The van der Waals surface area contributed by atoms with Crippen LogP contribution in [0.3, 0.4) is 0 Å². The molecule has 290 valence electrons. The normalized spacial score (nSPS) is 13.1. The van der Waals surface area contributed by atoms with Gasteiger partial charge in [-0.2, -0.15) is 0 Å². The van der Waals surface area contributed by atoms with E-state index < -0.39 is 12.1 Å². The lowest BCUT2D eigenvalue weighted by atomic mass is 9.96. The van der Waals surface area contributed by atoms with E-state index in [-0.39, 0.29) is 57.6 Å². The third kappa shape index (κ3) is 5.96. The summed E-state index contributed by atoms with van der Waals surface area (Å²) in [7, 11) is 0. The Morgan fingerprint density at radius 1 is 0.306 bits per heavy atom. The molecule has 12 rings (SSSR count). The SMILES string of the molecule is [2H]c1c([2H])c([2H])c2c(c1[2H])c1c([2H])c(-c3ccc4c(c3)c3c(-c5ccccc5)cccc3n4-c3cccc(-c4ccccc4)c3)c([2H])c([2H])c1n2-c1ccc(-c2ccccc2)cc1-c1ccccc1. The van der Waals surface area contributed by atoms with Crippen LogP contribution in [0.4, 0.5) is 0 Å². The Labute approximate surface area is 370 Å². The Balaban J connectivity index is 1.16. The number of nitrogens with zero attached hydrogens (tertiary/aromatic N) is 2. The number of hydrogen-bond donors (Lipinski definition) is 0. The fourth-order valence-corrected chi connectivity index (χ4v) is 9.11. The molecule has 0 aliphatic heterocycles. The monoisotopic (exact) mass is 795 g/mol. The zero-order valence-corrected chi connectivity index (χ0v) is 33.4. The molecule has 0 spiro atoms. The van der Waals surface area contributed by atoms with Crippen molar-refractivity contribution in [2.24, 2.45) is 0 Å². The molecule has 0 aliphatic carbocycles. The van der Waals surface area contributed by atoms with E-state index in [1.807, 2.05) is 127 Å². The molecular formula is C60H40N2. The van der Waals surface area contributed by atoms with Crippen molar-refractivity contribution >= 4 is 43.6 Å². The van der Waals surface area contributed by atoms with E-state index in [0.717, 1.165) is 72.0 Å². The second-order valence-electron chi connectivity index (χ2n) is 15.5. The minimum absolute atomic E-state index is 0.0936. The zero-order valence-electron chi connectivity index (χ0n) is 40.4. The van der Waals surface area contributed by atoms with Gasteiger partial charge in [0.25, 0.3) is 0 Å². The molecule has 0 fully saturated rings. The van der Waals surface area contributed by atoms with Crippen LogP contribution in [0.5, 0.6) is 0 Å². The summed E-state index contributed by atoms with van der Waals surface area (Å²) in [5.41, 5.74) is 12.3. The second kappa shape index (κ2) is 14.8. The summed E-state index contributed by atoms with van der Waals surface area (Å²) in [6.07, 6.45) is 0. The molecule has 0 unspecified atom stereocenters. The highest BCUT2D eigenvalue weighted by atomic mass is 15.0. The minimum atomic E-state index is -0.435. The maximum atomic E-state index is 10.1. The van der Waals surface area contributed by atoms with Crippen molar-refractivity contribution in [2.75, 3.05) is 0 Å². The Morgan fingerprint density at radius 2 is 0.887 bits per heavy atom. The predicted molar refractivity (Wildman–Crippen MR) is 262 cm³/mol. The molecule has 0 amide bonds. The quantitative estimate of drug-likeness (QED) is 0.152. The summed E-state index contributed by atoms with van der Waals surface area (Å²) < 4.78 is 70.5. The Morgan fingerprint density at radius 3 is 1.61 bits per heavy atom. The van der Waals surface area contributed by atoms with Gasteiger partial charge in [-0.1, -0.05) is 182 Å². The van der Waals surface area contributed by atoms with E-state index in [4.69, 9.17) is 2.74 Å². The van der Waals surface area contributed by atoms with E-state index in [1.54, 1.807) is 4.57 Å². The van der Waals surface area contributed by atoms with Crippen LogP contribution in [0.2, 0.25) is 0 Å². The van der Waals surface area contributed by atoms with Crippen LogP contribution in [0.1, 0.15) is 9.60 Å². The van der Waals surface area contributed by atoms with Crippen molar-refractivity contribution in [1.82, 2.24) is 9.13 Å². The van der Waals surface area contributed by atoms with Crippen LogP contribution in [0.25, 0.3) is 111 Å². The average molecular weight is 796 g/mol. The van der Waals surface area contributed by atoms with Gasteiger partial charge in [0, 0.05) is 32.8 Å². The highest BCUT2D eigenvalue weighted by Gasteiger charge is 2.20. The lowest BCUT2D eigenvalue weighted by Gasteiger charge is -2.16. The first kappa shape index (κ1) is 29.1. The fourth-order valence-electron chi connectivity index (χ4n) is 9.11. The molecule has 0 saturated carbocycles. The van der Waals surface area contributed by atoms with Crippen molar-refractivity contribution in [3.05, 3.63) is 242 Å². The molecule has 2 nitrogen and oxygen atoms in total. The molecule has 0 bridgehead atoms. The first-order chi connectivity index (χ1) is 33.7. The molecule has 62 heavy (non-hydrogen) atoms. The van der Waals surface area contributed by atoms with E-state index in [9.17, 15) is 6.85 Å². The lowest BCUT2D eigenvalue weighted by Crippen LogP contribution is -1.98. The lowest BCUT2D eigenvalue weighted by molar-refractivity contribution is 1.18. The number of hydrogen-bond acceptors (Lipinski definition) is 0. The van der Waals surface area contributed by atoms with E-state index in [2.05, 4.69) is 77.4 Å². The number of rotatable bonds is 7. The van der Waals surface area contributed by atoms with E-state index in [1.165, 1.54) is 0 Å². The number of fused-ring (bicyclic) bond motifs is 6. The molecule has 0 saturated heterocycles. The maximum absolute atomic E-state index is 10.1. The number of aromatic nitrogens is 2. The second-order valence-corrected chi connectivity index (χ2v) is 15.5.